The van der Waals surface area contributed by atoms with Crippen molar-refractivity contribution < 1.29 is 0 Å². The molecule has 0 heterocycles. The molecule has 0 spiro atoms. The van der Waals surface area contributed by atoms with Crippen LogP contribution in [0.15, 0.2) is 0 Å². The minimum Gasteiger partial charge on any atom is -0.0622 e. The zero-order chi connectivity index (χ0) is 19.4. The van der Waals surface area contributed by atoms with Crippen LogP contribution < -0.4 is 0 Å². The van der Waals surface area contributed by atoms with Crippen molar-refractivity contribution in [1.29, 1.82) is 0 Å². The third-order valence-corrected chi connectivity index (χ3v) is 9.60. The summed E-state index contributed by atoms with van der Waals surface area (Å²) < 4.78 is 0. The molecule has 0 nitrogen and oxygen atoms in total. The second kappa shape index (κ2) is 7.92. The Morgan fingerprint density at radius 2 is 0.464 bits per heavy atom. The predicted octanol–water partition coefficient (Wildman–Crippen LogP) is 8.21. The van der Waals surface area contributed by atoms with Crippen LogP contribution >= 0.6 is 0 Å². The Bertz CT molecular complexity index is 424. The topological polar surface area (TPSA) is 0 Å². The normalized spacial score (nSPS) is 49.3. The molecule has 8 fully saturated rings. The van der Waals surface area contributed by atoms with Crippen molar-refractivity contribution in [1.82, 2.24) is 0 Å². The largest absolute Gasteiger partial charge is 0.0622 e. The van der Waals surface area contributed by atoms with Crippen molar-refractivity contribution in [3.8, 4) is 0 Å². The highest BCUT2D eigenvalue weighted by Crippen LogP contribution is 2.55. The molecule has 8 rings (SSSR count). The molecule has 0 N–H and O–H groups in total. The van der Waals surface area contributed by atoms with Crippen LogP contribution in [0.25, 0.3) is 0 Å². The Hall–Kier alpha value is 0. The van der Waals surface area contributed by atoms with E-state index in [1.807, 2.05) is 0 Å². The van der Waals surface area contributed by atoms with Crippen LogP contribution in [0, 0.1) is 71.0 Å². The molecular formula is C28H48. The van der Waals surface area contributed by atoms with Crippen LogP contribution in [-0.2, 0) is 0 Å². The van der Waals surface area contributed by atoms with E-state index in [1.165, 1.54) is 47.3 Å². The van der Waals surface area contributed by atoms with Crippen molar-refractivity contribution in [3.05, 3.63) is 0 Å². The number of rotatable bonds is 4. The minimum atomic E-state index is 1.10. The lowest BCUT2D eigenvalue weighted by Gasteiger charge is -1.83. The first-order chi connectivity index (χ1) is 13.5. The van der Waals surface area contributed by atoms with E-state index >= 15 is 0 Å². The molecule has 0 bridgehead atoms. The van der Waals surface area contributed by atoms with Crippen LogP contribution in [0.2, 0.25) is 0 Å². The van der Waals surface area contributed by atoms with Gasteiger partial charge in [-0.05, 0) is 148 Å². The molecule has 28 heavy (non-hydrogen) atoms. The molecule has 8 aliphatic carbocycles. The first kappa shape index (κ1) is 19.9. The highest BCUT2D eigenvalue weighted by Gasteiger charge is 2.46. The van der Waals surface area contributed by atoms with E-state index in [9.17, 15) is 0 Å². The van der Waals surface area contributed by atoms with Gasteiger partial charge in [0, 0.05) is 0 Å². The molecule has 0 aromatic carbocycles. The van der Waals surface area contributed by atoms with Crippen LogP contribution in [-0.4, -0.2) is 0 Å². The quantitative estimate of drug-likeness (QED) is 0.458. The summed E-state index contributed by atoms with van der Waals surface area (Å²) in [6, 6.07) is 0. The lowest BCUT2D eigenvalue weighted by molar-refractivity contribution is 0.658. The first-order valence-corrected chi connectivity index (χ1v) is 13.5. The average Bonchev–Trinajstić information content (AvgIpc) is 3.37. The van der Waals surface area contributed by atoms with Gasteiger partial charge in [0.15, 0.2) is 0 Å². The summed E-state index contributed by atoms with van der Waals surface area (Å²) in [6.07, 6.45) is 18.6. The van der Waals surface area contributed by atoms with E-state index in [2.05, 4.69) is 27.7 Å². The average molecular weight is 385 g/mol. The second-order valence-corrected chi connectivity index (χ2v) is 12.9. The van der Waals surface area contributed by atoms with E-state index < -0.39 is 0 Å². The molecule has 160 valence electrons. The van der Waals surface area contributed by atoms with Gasteiger partial charge >= 0.3 is 0 Å². The SMILES string of the molecule is C[C@@H]1C[C@@H]1C1CC1.C[C@@H]1C[C@H]1C1CC1.C[C@H]1C[C@@H]1C1CC1.C[C@H]1C[C@H]1C1CC1. The maximum absolute atomic E-state index is 2.38. The summed E-state index contributed by atoms with van der Waals surface area (Å²) in [7, 11) is 0. The van der Waals surface area contributed by atoms with Crippen molar-refractivity contribution >= 4 is 0 Å². The summed E-state index contributed by atoms with van der Waals surface area (Å²) in [5.74, 6) is 13.9. The van der Waals surface area contributed by atoms with Crippen LogP contribution in [0.1, 0.15) is 105 Å². The highest BCUT2D eigenvalue weighted by atomic mass is 14.5. The van der Waals surface area contributed by atoms with Crippen LogP contribution in [0.3, 0.4) is 0 Å². The lowest BCUT2D eigenvalue weighted by atomic mass is 10.2. The van der Waals surface area contributed by atoms with E-state index in [-0.39, 0.29) is 0 Å². The third-order valence-electron chi connectivity index (χ3n) is 9.60. The fourth-order valence-corrected chi connectivity index (χ4v) is 6.13. The predicted molar refractivity (Wildman–Crippen MR) is 120 cm³/mol. The Morgan fingerprint density at radius 1 is 0.321 bits per heavy atom. The van der Waals surface area contributed by atoms with Crippen molar-refractivity contribution in [2.75, 3.05) is 0 Å². The standard InChI is InChI=1S/4C7H12/c4*1-5-4-7(5)6-2-3-6/h4*5-7H,2-4H2,1H3/t2*5-,7+;2*5-,7-/m1010/s1. The van der Waals surface area contributed by atoms with Crippen molar-refractivity contribution in [2.45, 2.75) is 105 Å². The number of hydrogen-bond acceptors (Lipinski definition) is 0. The summed E-state index contributed by atoms with van der Waals surface area (Å²) in [6.45, 7) is 9.51. The van der Waals surface area contributed by atoms with Gasteiger partial charge in [-0.1, -0.05) is 27.7 Å². The number of hydrogen-bond donors (Lipinski definition) is 0. The zero-order valence-corrected chi connectivity index (χ0v) is 19.4. The van der Waals surface area contributed by atoms with E-state index in [4.69, 9.17) is 0 Å². The molecular weight excluding hydrogens is 336 g/mol. The van der Waals surface area contributed by atoms with Crippen LogP contribution in [0.4, 0.5) is 0 Å². The molecule has 0 aromatic heterocycles. The van der Waals surface area contributed by atoms with Gasteiger partial charge in [-0.15, -0.1) is 0 Å². The minimum absolute atomic E-state index is 1.10. The molecule has 0 amide bonds. The molecule has 0 saturated heterocycles. The Kier molecular flexibility index (Phi) is 5.64. The fourth-order valence-electron chi connectivity index (χ4n) is 6.13. The molecule has 8 aliphatic rings. The summed E-state index contributed by atoms with van der Waals surface area (Å²) in [5.41, 5.74) is 0. The Balaban J connectivity index is 0.0000000813. The fraction of sp³-hybridized carbons (Fsp3) is 1.00. The second-order valence-electron chi connectivity index (χ2n) is 12.9. The van der Waals surface area contributed by atoms with Gasteiger partial charge in [0.05, 0.1) is 0 Å². The molecule has 0 aromatic rings. The molecule has 8 atom stereocenters. The van der Waals surface area contributed by atoms with E-state index in [0.717, 1.165) is 23.7 Å². The lowest BCUT2D eigenvalue weighted by Crippen LogP contribution is -1.77. The van der Waals surface area contributed by atoms with Gasteiger partial charge in [0.25, 0.3) is 0 Å². The van der Waals surface area contributed by atoms with Gasteiger partial charge in [-0.3, -0.25) is 0 Å². The first-order valence-electron chi connectivity index (χ1n) is 13.5. The van der Waals surface area contributed by atoms with Gasteiger partial charge in [0.1, 0.15) is 0 Å². The van der Waals surface area contributed by atoms with E-state index in [1.54, 1.807) is 77.0 Å². The van der Waals surface area contributed by atoms with Gasteiger partial charge < -0.3 is 0 Å². The van der Waals surface area contributed by atoms with Gasteiger partial charge in [-0.2, -0.15) is 0 Å². The maximum atomic E-state index is 2.38. The molecule has 0 heteroatoms. The smallest absolute Gasteiger partial charge is 0.0357 e. The summed E-state index contributed by atoms with van der Waals surface area (Å²) in [4.78, 5) is 0. The van der Waals surface area contributed by atoms with Gasteiger partial charge in [-0.25, -0.2) is 0 Å². The molecule has 0 unspecified atom stereocenters. The zero-order valence-electron chi connectivity index (χ0n) is 19.4. The highest BCUT2D eigenvalue weighted by molar-refractivity contribution is 4.96. The van der Waals surface area contributed by atoms with E-state index in [0.29, 0.717) is 0 Å². The molecule has 8 saturated carbocycles. The maximum Gasteiger partial charge on any atom is -0.0357 e. The van der Waals surface area contributed by atoms with Crippen molar-refractivity contribution in [3.63, 3.8) is 0 Å². The van der Waals surface area contributed by atoms with Crippen molar-refractivity contribution in [2.24, 2.45) is 71.0 Å². The summed E-state index contributed by atoms with van der Waals surface area (Å²) in [5, 5.41) is 0. The molecule has 0 aliphatic heterocycles. The Morgan fingerprint density at radius 3 is 0.500 bits per heavy atom. The Labute approximate surface area is 176 Å². The monoisotopic (exact) mass is 384 g/mol. The van der Waals surface area contributed by atoms with Crippen LogP contribution in [0.5, 0.6) is 0 Å². The summed E-state index contributed by atoms with van der Waals surface area (Å²) >= 11 is 0. The van der Waals surface area contributed by atoms with Gasteiger partial charge in [0.2, 0.25) is 0 Å². The third kappa shape index (κ3) is 6.01. The molecule has 0 radical (unpaired) electrons.